The Kier molecular flexibility index (Phi) is 4.46. The highest BCUT2D eigenvalue weighted by Gasteiger charge is 2.17. The number of benzene rings is 1. The summed E-state index contributed by atoms with van der Waals surface area (Å²) in [7, 11) is 3.90. The van der Waals surface area contributed by atoms with Crippen molar-refractivity contribution < 1.29 is 9.90 Å². The SMILES string of the molecule is CCc1ccc(=O)n(C(=O)O)c1-c1ccc2c(c1)cc(CNC)n2C. The Labute approximate surface area is 145 Å². The lowest BCUT2D eigenvalue weighted by atomic mass is 10.0. The van der Waals surface area contributed by atoms with Gasteiger partial charge in [-0.3, -0.25) is 4.79 Å². The van der Waals surface area contributed by atoms with E-state index in [1.165, 1.54) is 6.07 Å². The molecule has 0 spiro atoms. The van der Waals surface area contributed by atoms with Gasteiger partial charge in [-0.25, -0.2) is 9.36 Å². The number of fused-ring (bicyclic) bond motifs is 1. The Hall–Kier alpha value is -2.86. The predicted molar refractivity (Wildman–Crippen MR) is 98.2 cm³/mol. The molecule has 0 unspecified atom stereocenters. The lowest BCUT2D eigenvalue weighted by Gasteiger charge is -2.13. The molecule has 2 heterocycles. The highest BCUT2D eigenvalue weighted by atomic mass is 16.4. The smallest absolute Gasteiger partial charge is 0.419 e. The lowest BCUT2D eigenvalue weighted by Crippen LogP contribution is -2.27. The summed E-state index contributed by atoms with van der Waals surface area (Å²) in [5, 5.41) is 13.7. The average molecular weight is 339 g/mol. The summed E-state index contributed by atoms with van der Waals surface area (Å²) in [6, 6.07) is 10.9. The fourth-order valence-corrected chi connectivity index (χ4v) is 3.27. The topological polar surface area (TPSA) is 76.3 Å². The third-order valence-corrected chi connectivity index (χ3v) is 4.52. The van der Waals surface area contributed by atoms with Crippen LogP contribution in [0.15, 0.2) is 41.2 Å². The van der Waals surface area contributed by atoms with E-state index in [9.17, 15) is 14.7 Å². The van der Waals surface area contributed by atoms with Gasteiger partial charge in [-0.05, 0) is 42.8 Å². The molecule has 0 amide bonds. The molecular formula is C19H21N3O3. The minimum Gasteiger partial charge on any atom is -0.464 e. The highest BCUT2D eigenvalue weighted by Crippen LogP contribution is 2.28. The Bertz CT molecular complexity index is 1010. The van der Waals surface area contributed by atoms with Gasteiger partial charge in [-0.1, -0.05) is 19.1 Å². The summed E-state index contributed by atoms with van der Waals surface area (Å²) in [6.07, 6.45) is -0.625. The van der Waals surface area contributed by atoms with E-state index in [2.05, 4.69) is 16.0 Å². The number of hydrogen-bond acceptors (Lipinski definition) is 3. The number of aryl methyl sites for hydroxylation is 2. The highest BCUT2D eigenvalue weighted by molar-refractivity contribution is 5.88. The molecule has 1 aromatic carbocycles. The monoisotopic (exact) mass is 339 g/mol. The van der Waals surface area contributed by atoms with Crippen LogP contribution in [0, 0.1) is 0 Å². The summed E-state index contributed by atoms with van der Waals surface area (Å²) < 4.78 is 2.93. The Morgan fingerprint density at radius 3 is 2.60 bits per heavy atom. The molecule has 3 aromatic rings. The lowest BCUT2D eigenvalue weighted by molar-refractivity contribution is 0.195. The third-order valence-electron chi connectivity index (χ3n) is 4.52. The normalized spacial score (nSPS) is 11.2. The molecule has 6 nitrogen and oxygen atoms in total. The van der Waals surface area contributed by atoms with Crippen LogP contribution in [-0.2, 0) is 20.0 Å². The average Bonchev–Trinajstić information content (AvgIpc) is 2.90. The van der Waals surface area contributed by atoms with Crippen molar-refractivity contribution in [2.75, 3.05) is 7.05 Å². The molecule has 130 valence electrons. The van der Waals surface area contributed by atoms with Crippen LogP contribution in [0.25, 0.3) is 22.2 Å². The first-order chi connectivity index (χ1) is 12.0. The van der Waals surface area contributed by atoms with Gasteiger partial charge in [-0.15, -0.1) is 0 Å². The van der Waals surface area contributed by atoms with E-state index >= 15 is 0 Å². The molecule has 0 saturated carbocycles. The number of carboxylic acid groups (broad SMARTS) is 1. The third kappa shape index (κ3) is 2.85. The van der Waals surface area contributed by atoms with Crippen molar-refractivity contribution in [1.82, 2.24) is 14.5 Å². The first kappa shape index (κ1) is 17.0. The van der Waals surface area contributed by atoms with Crippen LogP contribution in [0.3, 0.4) is 0 Å². The van der Waals surface area contributed by atoms with Crippen LogP contribution in [-0.4, -0.2) is 27.4 Å². The van der Waals surface area contributed by atoms with Crippen LogP contribution in [0.2, 0.25) is 0 Å². The molecule has 0 aliphatic rings. The van der Waals surface area contributed by atoms with Crippen molar-refractivity contribution in [3.05, 3.63) is 58.0 Å². The maximum Gasteiger partial charge on any atom is 0.419 e. The van der Waals surface area contributed by atoms with Crippen molar-refractivity contribution in [3.63, 3.8) is 0 Å². The van der Waals surface area contributed by atoms with Crippen molar-refractivity contribution in [1.29, 1.82) is 0 Å². The van der Waals surface area contributed by atoms with Crippen LogP contribution in [0.5, 0.6) is 0 Å². The summed E-state index contributed by atoms with van der Waals surface area (Å²) in [4.78, 5) is 23.7. The van der Waals surface area contributed by atoms with Crippen molar-refractivity contribution in [2.45, 2.75) is 19.9 Å². The fraction of sp³-hybridized carbons (Fsp3) is 0.263. The van der Waals surface area contributed by atoms with E-state index in [1.54, 1.807) is 6.07 Å². The van der Waals surface area contributed by atoms with E-state index < -0.39 is 11.7 Å². The van der Waals surface area contributed by atoms with Crippen LogP contribution >= 0.6 is 0 Å². The molecule has 6 heteroatoms. The summed E-state index contributed by atoms with van der Waals surface area (Å²) in [5.41, 5.74) is 3.66. The Morgan fingerprint density at radius 1 is 1.20 bits per heavy atom. The zero-order valence-electron chi connectivity index (χ0n) is 14.5. The zero-order valence-corrected chi connectivity index (χ0v) is 14.5. The van der Waals surface area contributed by atoms with E-state index in [-0.39, 0.29) is 0 Å². The molecule has 0 aliphatic heterocycles. The zero-order chi connectivity index (χ0) is 18.1. The van der Waals surface area contributed by atoms with Gasteiger partial charge in [0.1, 0.15) is 0 Å². The number of aromatic nitrogens is 2. The van der Waals surface area contributed by atoms with E-state index in [4.69, 9.17) is 0 Å². The van der Waals surface area contributed by atoms with Gasteiger partial charge in [0.15, 0.2) is 0 Å². The molecule has 3 rings (SSSR count). The number of carbonyl (C=O) groups is 1. The Balaban J connectivity index is 2.28. The number of nitrogens with zero attached hydrogens (tertiary/aromatic N) is 2. The second-order valence-electron chi connectivity index (χ2n) is 6.02. The van der Waals surface area contributed by atoms with Crippen LogP contribution in [0.4, 0.5) is 4.79 Å². The molecule has 2 aromatic heterocycles. The van der Waals surface area contributed by atoms with Gasteiger partial charge in [0.05, 0.1) is 5.69 Å². The van der Waals surface area contributed by atoms with Crippen molar-refractivity contribution >= 4 is 17.0 Å². The molecule has 25 heavy (non-hydrogen) atoms. The standard InChI is InChI=1S/C19H21N3O3/c1-4-12-6-8-17(23)22(19(24)25)18(12)13-5-7-16-14(9-13)10-15(11-20-2)21(16)3/h5-10,20H,4,11H2,1-3H3,(H,24,25). The van der Waals surface area contributed by atoms with E-state index in [1.807, 2.05) is 39.2 Å². The molecule has 0 aliphatic carbocycles. The number of hydrogen-bond donors (Lipinski definition) is 2. The van der Waals surface area contributed by atoms with Gasteiger partial charge < -0.3 is 15.0 Å². The molecule has 2 N–H and O–H groups in total. The first-order valence-corrected chi connectivity index (χ1v) is 8.19. The molecule has 0 atom stereocenters. The molecule has 0 bridgehead atoms. The van der Waals surface area contributed by atoms with Gasteiger partial charge in [0, 0.05) is 36.3 Å². The minimum atomic E-state index is -1.26. The second kappa shape index (κ2) is 6.57. The summed E-state index contributed by atoms with van der Waals surface area (Å²) in [6.45, 7) is 2.69. The van der Waals surface area contributed by atoms with Crippen molar-refractivity contribution in [3.8, 4) is 11.3 Å². The first-order valence-electron chi connectivity index (χ1n) is 8.19. The van der Waals surface area contributed by atoms with Crippen LogP contribution < -0.4 is 10.9 Å². The number of rotatable bonds is 4. The molecule has 0 saturated heterocycles. The molecule has 0 radical (unpaired) electrons. The molecule has 0 fully saturated rings. The second-order valence-corrected chi connectivity index (χ2v) is 6.02. The maximum absolute atomic E-state index is 12.1. The van der Waals surface area contributed by atoms with Gasteiger partial charge in [-0.2, -0.15) is 0 Å². The van der Waals surface area contributed by atoms with Crippen molar-refractivity contribution in [2.24, 2.45) is 7.05 Å². The predicted octanol–water partition coefficient (Wildman–Crippen LogP) is 2.81. The van der Waals surface area contributed by atoms with Gasteiger partial charge in [0.25, 0.3) is 5.56 Å². The fourth-order valence-electron chi connectivity index (χ4n) is 3.27. The van der Waals surface area contributed by atoms with Gasteiger partial charge >= 0.3 is 6.09 Å². The van der Waals surface area contributed by atoms with E-state index in [0.29, 0.717) is 12.1 Å². The molecular weight excluding hydrogens is 318 g/mol. The number of pyridine rings is 1. The summed E-state index contributed by atoms with van der Waals surface area (Å²) in [5.74, 6) is 0. The van der Waals surface area contributed by atoms with Gasteiger partial charge in [0.2, 0.25) is 0 Å². The largest absolute Gasteiger partial charge is 0.464 e. The maximum atomic E-state index is 12.1. The Morgan fingerprint density at radius 2 is 1.96 bits per heavy atom. The summed E-state index contributed by atoms with van der Waals surface area (Å²) >= 11 is 0. The number of nitrogens with one attached hydrogen (secondary N) is 1. The van der Waals surface area contributed by atoms with Crippen LogP contribution in [0.1, 0.15) is 18.2 Å². The minimum absolute atomic E-state index is 0.448. The van der Waals surface area contributed by atoms with E-state index in [0.717, 1.165) is 38.8 Å². The quantitative estimate of drug-likeness (QED) is 0.766.